The second-order valence-corrected chi connectivity index (χ2v) is 3.43. The first-order valence-corrected chi connectivity index (χ1v) is 4.48. The van der Waals surface area contributed by atoms with Gasteiger partial charge in [-0.25, -0.2) is 4.98 Å². The Morgan fingerprint density at radius 1 is 1.53 bits per heavy atom. The SMILES string of the molecule is Nc1nc[nH]c(=O)c1N1CC(N)CC1=O. The third kappa shape index (κ3) is 1.57. The molecule has 0 aromatic carbocycles. The van der Waals surface area contributed by atoms with Crippen molar-refractivity contribution >= 4 is 17.4 Å². The summed E-state index contributed by atoms with van der Waals surface area (Å²) in [5.41, 5.74) is 10.8. The maximum absolute atomic E-state index is 11.5. The molecule has 0 bridgehead atoms. The van der Waals surface area contributed by atoms with Gasteiger partial charge in [0.1, 0.15) is 0 Å². The van der Waals surface area contributed by atoms with Gasteiger partial charge in [-0.1, -0.05) is 0 Å². The van der Waals surface area contributed by atoms with Crippen molar-refractivity contribution in [1.29, 1.82) is 0 Å². The van der Waals surface area contributed by atoms with E-state index in [-0.39, 0.29) is 29.9 Å². The van der Waals surface area contributed by atoms with E-state index in [1.807, 2.05) is 0 Å². The predicted octanol–water partition coefficient (Wildman–Crippen LogP) is -1.58. The van der Waals surface area contributed by atoms with Crippen LogP contribution in [0.2, 0.25) is 0 Å². The molecule has 15 heavy (non-hydrogen) atoms. The Morgan fingerprint density at radius 3 is 2.80 bits per heavy atom. The zero-order chi connectivity index (χ0) is 11.0. The van der Waals surface area contributed by atoms with Crippen molar-refractivity contribution in [3.63, 3.8) is 0 Å². The first-order valence-electron chi connectivity index (χ1n) is 4.48. The van der Waals surface area contributed by atoms with Crippen LogP contribution in [0.15, 0.2) is 11.1 Å². The highest BCUT2D eigenvalue weighted by Crippen LogP contribution is 2.20. The number of anilines is 2. The normalized spacial score (nSPS) is 21.0. The maximum atomic E-state index is 11.5. The van der Waals surface area contributed by atoms with Crippen molar-refractivity contribution in [3.05, 3.63) is 16.7 Å². The zero-order valence-corrected chi connectivity index (χ0v) is 7.93. The Morgan fingerprint density at radius 2 is 2.27 bits per heavy atom. The number of aromatic nitrogens is 2. The lowest BCUT2D eigenvalue weighted by molar-refractivity contribution is -0.117. The van der Waals surface area contributed by atoms with Crippen molar-refractivity contribution < 1.29 is 4.79 Å². The van der Waals surface area contributed by atoms with Crippen molar-refractivity contribution in [2.75, 3.05) is 17.2 Å². The summed E-state index contributed by atoms with van der Waals surface area (Å²) in [5, 5.41) is 0. The van der Waals surface area contributed by atoms with Gasteiger partial charge in [-0.15, -0.1) is 0 Å². The molecule has 1 unspecified atom stereocenters. The molecule has 1 aromatic heterocycles. The minimum atomic E-state index is -0.426. The number of nitrogen functional groups attached to an aromatic ring is 1. The van der Waals surface area contributed by atoms with Gasteiger partial charge in [0.15, 0.2) is 11.5 Å². The van der Waals surface area contributed by atoms with E-state index in [0.717, 1.165) is 0 Å². The third-order valence-corrected chi connectivity index (χ3v) is 2.28. The zero-order valence-electron chi connectivity index (χ0n) is 7.93. The number of nitrogens with zero attached hydrogens (tertiary/aromatic N) is 2. The van der Waals surface area contributed by atoms with E-state index in [1.165, 1.54) is 11.2 Å². The van der Waals surface area contributed by atoms with Crippen LogP contribution in [0.3, 0.4) is 0 Å². The van der Waals surface area contributed by atoms with Gasteiger partial charge in [-0.05, 0) is 0 Å². The van der Waals surface area contributed by atoms with E-state index in [1.54, 1.807) is 0 Å². The van der Waals surface area contributed by atoms with Crippen LogP contribution in [0, 0.1) is 0 Å². The molecule has 5 N–H and O–H groups in total. The molecule has 0 spiro atoms. The number of amides is 1. The minimum absolute atomic E-state index is 0.0428. The molecule has 0 saturated carbocycles. The fourth-order valence-electron chi connectivity index (χ4n) is 1.62. The van der Waals surface area contributed by atoms with Gasteiger partial charge in [0.05, 0.1) is 6.33 Å². The van der Waals surface area contributed by atoms with E-state index in [2.05, 4.69) is 9.97 Å². The van der Waals surface area contributed by atoms with E-state index in [4.69, 9.17) is 11.5 Å². The van der Waals surface area contributed by atoms with E-state index >= 15 is 0 Å². The van der Waals surface area contributed by atoms with Gasteiger partial charge < -0.3 is 21.4 Å². The first kappa shape index (κ1) is 9.66. The average Bonchev–Trinajstić information content (AvgIpc) is 2.45. The van der Waals surface area contributed by atoms with Crippen LogP contribution < -0.4 is 21.9 Å². The molecule has 1 saturated heterocycles. The van der Waals surface area contributed by atoms with Crippen molar-refractivity contribution in [1.82, 2.24) is 9.97 Å². The number of hydrogen-bond donors (Lipinski definition) is 3. The van der Waals surface area contributed by atoms with E-state index < -0.39 is 5.56 Å². The molecule has 1 aliphatic rings. The van der Waals surface area contributed by atoms with Crippen LogP contribution in [0.5, 0.6) is 0 Å². The molecule has 2 heterocycles. The number of hydrogen-bond acceptors (Lipinski definition) is 5. The summed E-state index contributed by atoms with van der Waals surface area (Å²) < 4.78 is 0. The van der Waals surface area contributed by atoms with Crippen LogP contribution in [0.25, 0.3) is 0 Å². The highest BCUT2D eigenvalue weighted by molar-refractivity contribution is 5.98. The predicted molar refractivity (Wildman–Crippen MR) is 54.2 cm³/mol. The lowest BCUT2D eigenvalue weighted by Gasteiger charge is -2.15. The minimum Gasteiger partial charge on any atom is -0.382 e. The van der Waals surface area contributed by atoms with Crippen molar-refractivity contribution in [2.45, 2.75) is 12.5 Å². The van der Waals surface area contributed by atoms with E-state index in [9.17, 15) is 9.59 Å². The number of carbonyl (C=O) groups is 1. The Kier molecular flexibility index (Phi) is 2.16. The first-order chi connectivity index (χ1) is 7.09. The summed E-state index contributed by atoms with van der Waals surface area (Å²) in [5.74, 6) is -0.158. The van der Waals surface area contributed by atoms with Gasteiger partial charge in [-0.3, -0.25) is 9.59 Å². The average molecular weight is 209 g/mol. The smallest absolute Gasteiger partial charge is 0.276 e. The summed E-state index contributed by atoms with van der Waals surface area (Å²) in [6, 6.07) is -0.253. The summed E-state index contributed by atoms with van der Waals surface area (Å²) >= 11 is 0. The standard InChI is InChI=1S/C8H11N5O2/c9-4-1-5(14)13(2-4)6-7(10)11-3-12-8(6)15/h3-4H,1-2,9H2,(H3,10,11,12,15). The number of rotatable bonds is 1. The molecule has 80 valence electrons. The molecule has 0 aliphatic carbocycles. The lowest BCUT2D eigenvalue weighted by atomic mass is 10.3. The maximum Gasteiger partial charge on any atom is 0.276 e. The van der Waals surface area contributed by atoms with E-state index in [0.29, 0.717) is 6.54 Å². The Balaban J connectivity index is 2.46. The molecule has 1 aliphatic heterocycles. The van der Waals surface area contributed by atoms with Gasteiger partial charge in [0, 0.05) is 19.0 Å². The molecule has 7 heteroatoms. The van der Waals surface area contributed by atoms with Crippen LogP contribution in [0.4, 0.5) is 11.5 Å². The van der Waals surface area contributed by atoms with Crippen LogP contribution >= 0.6 is 0 Å². The lowest BCUT2D eigenvalue weighted by Crippen LogP contribution is -2.33. The summed E-state index contributed by atoms with van der Waals surface area (Å²) in [4.78, 5) is 30.4. The monoisotopic (exact) mass is 209 g/mol. The fourth-order valence-corrected chi connectivity index (χ4v) is 1.62. The highest BCUT2D eigenvalue weighted by Gasteiger charge is 2.31. The summed E-state index contributed by atoms with van der Waals surface area (Å²) in [6.07, 6.45) is 1.43. The molecule has 7 nitrogen and oxygen atoms in total. The molecule has 1 fully saturated rings. The Hall–Kier alpha value is -1.89. The Bertz CT molecular complexity index is 455. The fraction of sp³-hybridized carbons (Fsp3) is 0.375. The third-order valence-electron chi connectivity index (χ3n) is 2.28. The van der Waals surface area contributed by atoms with Gasteiger partial charge in [0.25, 0.3) is 5.56 Å². The number of nitrogens with two attached hydrogens (primary N) is 2. The molecular formula is C8H11N5O2. The number of nitrogens with one attached hydrogen (secondary N) is 1. The van der Waals surface area contributed by atoms with Crippen LogP contribution in [-0.2, 0) is 4.79 Å². The summed E-state index contributed by atoms with van der Waals surface area (Å²) in [7, 11) is 0. The van der Waals surface area contributed by atoms with Crippen molar-refractivity contribution in [2.24, 2.45) is 5.73 Å². The number of aromatic amines is 1. The highest BCUT2D eigenvalue weighted by atomic mass is 16.2. The second-order valence-electron chi connectivity index (χ2n) is 3.43. The summed E-state index contributed by atoms with van der Waals surface area (Å²) in [6.45, 7) is 0.303. The molecule has 0 radical (unpaired) electrons. The van der Waals surface area contributed by atoms with Gasteiger partial charge >= 0.3 is 0 Å². The molecule has 1 amide bonds. The topological polar surface area (TPSA) is 118 Å². The van der Waals surface area contributed by atoms with Crippen molar-refractivity contribution in [3.8, 4) is 0 Å². The quantitative estimate of drug-likeness (QED) is 0.515. The molecular weight excluding hydrogens is 198 g/mol. The second kappa shape index (κ2) is 3.35. The number of H-pyrrole nitrogens is 1. The molecule has 1 aromatic rings. The van der Waals surface area contributed by atoms with Gasteiger partial charge in [-0.2, -0.15) is 0 Å². The molecule has 2 rings (SSSR count). The van der Waals surface area contributed by atoms with Crippen LogP contribution in [-0.4, -0.2) is 28.5 Å². The largest absolute Gasteiger partial charge is 0.382 e. The number of carbonyl (C=O) groups excluding carboxylic acids is 1. The molecule has 1 atom stereocenters. The van der Waals surface area contributed by atoms with Crippen LogP contribution in [0.1, 0.15) is 6.42 Å². The van der Waals surface area contributed by atoms with Gasteiger partial charge in [0.2, 0.25) is 5.91 Å². The Labute approximate surface area is 85.1 Å².